The van der Waals surface area contributed by atoms with Crippen LogP contribution in [-0.4, -0.2) is 17.0 Å². The maximum absolute atomic E-state index is 4.26. The Bertz CT molecular complexity index is 125. The van der Waals surface area contributed by atoms with E-state index < -0.39 is 0 Å². The molecule has 1 aliphatic heterocycles. The Hall–Kier alpha value is 1.53. The summed E-state index contributed by atoms with van der Waals surface area (Å²) < 4.78 is 0. The molecule has 1 rings (SSSR count). The normalized spacial score (nSPS) is 35.2. The first-order chi connectivity index (χ1) is 4.60. The van der Waals surface area contributed by atoms with Gasteiger partial charge in [0, 0.05) is 32.7 Å². The van der Waals surface area contributed by atoms with Crippen LogP contribution in [0.25, 0.3) is 0 Å². The van der Waals surface area contributed by atoms with Crippen LogP contribution in [0.2, 0.25) is 0 Å². The van der Waals surface area contributed by atoms with E-state index in [-0.39, 0.29) is 40.6 Å². The molecule has 0 aromatic carbocycles. The van der Waals surface area contributed by atoms with Crippen LogP contribution in [0.15, 0.2) is 0 Å². The van der Waals surface area contributed by atoms with Gasteiger partial charge in [-0.1, -0.05) is 26.4 Å². The maximum atomic E-state index is 4.26. The Morgan fingerprint density at radius 2 is 2.09 bits per heavy atom. The van der Waals surface area contributed by atoms with Crippen LogP contribution in [0.4, 0.5) is 0 Å². The summed E-state index contributed by atoms with van der Waals surface area (Å²) in [7, 11) is 0.288. The largest absolute Gasteiger partial charge is 0.343 e. The van der Waals surface area contributed by atoms with Crippen molar-refractivity contribution in [1.29, 1.82) is 0 Å². The minimum absolute atomic E-state index is 0. The van der Waals surface area contributed by atoms with Crippen LogP contribution < -0.4 is 0 Å². The average Bonchev–Trinajstić information content (AvgIpc) is 2.43. The zero-order chi connectivity index (χ0) is 7.78. The predicted molar refractivity (Wildman–Crippen MR) is 49.6 cm³/mol. The van der Waals surface area contributed by atoms with Gasteiger partial charge in [0.2, 0.25) is 0 Å². The van der Waals surface area contributed by atoms with Crippen molar-refractivity contribution in [3.63, 3.8) is 0 Å². The molecule has 2 atom stereocenters. The summed E-state index contributed by atoms with van der Waals surface area (Å²) >= 11 is 0. The van der Waals surface area contributed by atoms with Gasteiger partial charge < -0.3 is 13.8 Å². The van der Waals surface area contributed by atoms with E-state index in [0.717, 1.165) is 12.1 Å². The molecule has 1 heterocycles. The van der Waals surface area contributed by atoms with Gasteiger partial charge in [-0.05, 0) is 5.66 Å². The molecule has 0 aliphatic carbocycles. The number of rotatable bonds is 3. The summed E-state index contributed by atoms with van der Waals surface area (Å²) in [5.74, 6) is 0. The van der Waals surface area contributed by atoms with Gasteiger partial charge >= 0.3 is 0 Å². The molecule has 11 heavy (non-hydrogen) atoms. The summed E-state index contributed by atoms with van der Waals surface area (Å²) in [6, 6.07) is 0. The molecule has 0 aromatic rings. The first-order valence-electron chi connectivity index (χ1n) is 4.01. The molecule has 63 valence electrons. The van der Waals surface area contributed by atoms with E-state index in [0.29, 0.717) is 5.16 Å². The zero-order valence-corrected chi connectivity index (χ0v) is 11.4. The number of hydrogen-bond acceptors (Lipinski definition) is 0. The molecule has 0 spiro atoms. The summed E-state index contributed by atoms with van der Waals surface area (Å²) in [6.07, 6.45) is 3.71. The minimum Gasteiger partial charge on any atom is -0.343 e. The van der Waals surface area contributed by atoms with Gasteiger partial charge in [0.05, 0.1) is 0 Å². The monoisotopic (exact) mass is 245 g/mol. The summed E-state index contributed by atoms with van der Waals surface area (Å²) in [6.45, 7) is 12.8. The first kappa shape index (κ1) is 12.5. The molecule has 0 amide bonds. The van der Waals surface area contributed by atoms with Gasteiger partial charge in [0.15, 0.2) is 0 Å². The Kier molecular flexibility index (Phi) is 5.33. The van der Waals surface area contributed by atoms with Gasteiger partial charge in [0.1, 0.15) is 0 Å². The van der Waals surface area contributed by atoms with Crippen molar-refractivity contribution < 1.29 is 32.7 Å². The summed E-state index contributed by atoms with van der Waals surface area (Å²) in [4.78, 5) is 0. The topological polar surface area (TPSA) is 0 Å². The van der Waals surface area contributed by atoms with E-state index >= 15 is 0 Å². The van der Waals surface area contributed by atoms with E-state index in [1.807, 2.05) is 0 Å². The molecule has 2 unspecified atom stereocenters. The number of hydrogen-bond donors (Lipinski definition) is 0. The van der Waals surface area contributed by atoms with E-state index in [2.05, 4.69) is 27.7 Å². The fourth-order valence-corrected chi connectivity index (χ4v) is 4.44. The fourth-order valence-electron chi connectivity index (χ4n) is 1.56. The zero-order valence-electron chi connectivity index (χ0n) is 7.64. The van der Waals surface area contributed by atoms with Crippen LogP contribution in [0.5, 0.6) is 0 Å². The van der Waals surface area contributed by atoms with Crippen LogP contribution in [0.1, 0.15) is 26.7 Å². The molecule has 0 bridgehead atoms. The van der Waals surface area contributed by atoms with E-state index in [1.165, 1.54) is 12.6 Å². The predicted octanol–water partition coefficient (Wildman–Crippen LogP) is 3.07. The first-order valence-corrected chi connectivity index (χ1v) is 5.61. The molecule has 1 saturated heterocycles. The second-order valence-corrected chi connectivity index (χ2v) is 6.79. The van der Waals surface area contributed by atoms with E-state index in [4.69, 9.17) is 0 Å². The standard InChI is InChI=1S/C9H17P.Y/c1-5-6-9(4)7-10(9)8(2)3;/h8H,1,4-7H2,2-3H3;/q-2;. The van der Waals surface area contributed by atoms with Crippen LogP contribution in [0.3, 0.4) is 0 Å². The molecule has 0 saturated carbocycles. The van der Waals surface area contributed by atoms with Crippen LogP contribution in [0, 0.1) is 13.8 Å². The molecular weight excluding hydrogens is 228 g/mol. The third-order valence-electron chi connectivity index (χ3n) is 2.24. The Morgan fingerprint density at radius 3 is 2.36 bits per heavy atom. The van der Waals surface area contributed by atoms with Crippen LogP contribution >= 0.6 is 7.92 Å². The molecule has 2 heteroatoms. The quantitative estimate of drug-likeness (QED) is 0.529. The smallest absolute Gasteiger partial charge is 0 e. The Balaban J connectivity index is 0.000001000. The fraction of sp³-hybridized carbons (Fsp3) is 0.778. The Labute approximate surface area is 97.5 Å². The van der Waals surface area contributed by atoms with Gasteiger partial charge in [-0.15, -0.1) is 13.1 Å². The van der Waals surface area contributed by atoms with Gasteiger partial charge in [-0.25, -0.2) is 0 Å². The van der Waals surface area contributed by atoms with Crippen molar-refractivity contribution in [1.82, 2.24) is 0 Å². The minimum atomic E-state index is 0. The van der Waals surface area contributed by atoms with Gasteiger partial charge in [0.25, 0.3) is 0 Å². The third kappa shape index (κ3) is 3.05. The van der Waals surface area contributed by atoms with Gasteiger partial charge in [-0.3, -0.25) is 0 Å². The summed E-state index contributed by atoms with van der Waals surface area (Å²) in [5, 5.41) is 0.491. The Morgan fingerprint density at radius 1 is 1.55 bits per heavy atom. The molecule has 1 radical (unpaired) electrons. The van der Waals surface area contributed by atoms with Crippen molar-refractivity contribution in [2.75, 3.05) is 6.16 Å². The SMILES string of the molecule is [CH2-]CCC1([CH2-])CP1C(C)C.[Y]. The van der Waals surface area contributed by atoms with Crippen molar-refractivity contribution >= 4 is 7.92 Å². The maximum Gasteiger partial charge on any atom is 0 e. The second-order valence-electron chi connectivity index (χ2n) is 3.55. The van der Waals surface area contributed by atoms with Crippen molar-refractivity contribution in [2.24, 2.45) is 0 Å². The summed E-state index contributed by atoms with van der Waals surface area (Å²) in [5.41, 5.74) is 0.888. The second kappa shape index (κ2) is 4.68. The van der Waals surface area contributed by atoms with Crippen LogP contribution in [-0.2, 0) is 32.7 Å². The third-order valence-corrected chi connectivity index (χ3v) is 5.65. The molecule has 0 nitrogen and oxygen atoms in total. The molecule has 0 aromatic heterocycles. The van der Waals surface area contributed by atoms with E-state index in [9.17, 15) is 0 Å². The molecule has 1 aliphatic rings. The van der Waals surface area contributed by atoms with Gasteiger partial charge in [-0.2, -0.15) is 6.42 Å². The van der Waals surface area contributed by atoms with E-state index in [1.54, 1.807) is 0 Å². The van der Waals surface area contributed by atoms with Crippen molar-refractivity contribution in [3.05, 3.63) is 13.8 Å². The average molecular weight is 245 g/mol. The molecule has 0 N–H and O–H groups in total. The molecule has 1 fully saturated rings. The van der Waals surface area contributed by atoms with Crippen molar-refractivity contribution in [3.8, 4) is 0 Å². The molecular formula is C9H17PY-2. The van der Waals surface area contributed by atoms with Crippen molar-refractivity contribution in [2.45, 2.75) is 37.5 Å².